The van der Waals surface area contributed by atoms with E-state index in [-0.39, 0.29) is 0 Å². The number of thiazole rings is 1. The highest BCUT2D eigenvalue weighted by Crippen LogP contribution is 2.23. The second-order valence-corrected chi connectivity index (χ2v) is 5.57. The fraction of sp³-hybridized carbons (Fsp3) is 0.769. The summed E-state index contributed by atoms with van der Waals surface area (Å²) >= 11 is 1.74. The standard InChI is InChI=1S/C13H25N3S/c1-6-12(7-2)16(5)13-15-11(9-17-13)8-14-10(3)4/h9-10,12,14H,6-8H2,1-5H3. The van der Waals surface area contributed by atoms with E-state index in [1.807, 2.05) is 0 Å². The Hall–Kier alpha value is -0.610. The Labute approximate surface area is 109 Å². The summed E-state index contributed by atoms with van der Waals surface area (Å²) in [5.74, 6) is 0. The first-order valence-corrected chi connectivity index (χ1v) is 7.37. The van der Waals surface area contributed by atoms with Crippen molar-refractivity contribution in [1.82, 2.24) is 10.3 Å². The Kier molecular flexibility index (Phi) is 5.92. The molecule has 0 atom stereocenters. The van der Waals surface area contributed by atoms with Crippen molar-refractivity contribution in [2.24, 2.45) is 0 Å². The summed E-state index contributed by atoms with van der Waals surface area (Å²) in [6.45, 7) is 9.65. The quantitative estimate of drug-likeness (QED) is 0.810. The average Bonchev–Trinajstić information content (AvgIpc) is 2.76. The molecule has 1 heterocycles. The first-order valence-electron chi connectivity index (χ1n) is 6.49. The summed E-state index contributed by atoms with van der Waals surface area (Å²) in [4.78, 5) is 6.99. The molecule has 1 aromatic rings. The SMILES string of the molecule is CCC(CC)N(C)c1nc(CNC(C)C)cs1. The smallest absolute Gasteiger partial charge is 0.185 e. The van der Waals surface area contributed by atoms with Crippen LogP contribution < -0.4 is 10.2 Å². The number of nitrogens with zero attached hydrogens (tertiary/aromatic N) is 2. The number of aromatic nitrogens is 1. The fourth-order valence-corrected chi connectivity index (χ4v) is 2.70. The molecule has 0 aliphatic rings. The highest BCUT2D eigenvalue weighted by molar-refractivity contribution is 7.13. The Morgan fingerprint density at radius 3 is 2.53 bits per heavy atom. The van der Waals surface area contributed by atoms with Crippen LogP contribution in [0, 0.1) is 0 Å². The van der Waals surface area contributed by atoms with E-state index in [4.69, 9.17) is 0 Å². The Balaban J connectivity index is 2.60. The molecule has 1 aromatic heterocycles. The summed E-state index contributed by atoms with van der Waals surface area (Å²) in [5, 5.41) is 6.69. The molecule has 0 spiro atoms. The van der Waals surface area contributed by atoms with Gasteiger partial charge in [0, 0.05) is 31.1 Å². The van der Waals surface area contributed by atoms with Gasteiger partial charge in [-0.1, -0.05) is 27.7 Å². The predicted molar refractivity (Wildman–Crippen MR) is 76.9 cm³/mol. The molecule has 0 fully saturated rings. The monoisotopic (exact) mass is 255 g/mol. The number of rotatable bonds is 7. The molecule has 0 aliphatic carbocycles. The molecule has 0 amide bonds. The van der Waals surface area contributed by atoms with Crippen molar-refractivity contribution in [3.8, 4) is 0 Å². The third-order valence-electron chi connectivity index (χ3n) is 3.02. The third-order valence-corrected chi connectivity index (χ3v) is 4.00. The number of hydrogen-bond donors (Lipinski definition) is 1. The molecule has 0 saturated heterocycles. The summed E-state index contributed by atoms with van der Waals surface area (Å²) in [6, 6.07) is 1.11. The zero-order valence-electron chi connectivity index (χ0n) is 11.7. The van der Waals surface area contributed by atoms with Crippen LogP contribution in [0.5, 0.6) is 0 Å². The summed E-state index contributed by atoms with van der Waals surface area (Å²) in [7, 11) is 2.15. The van der Waals surface area contributed by atoms with E-state index in [1.54, 1.807) is 11.3 Å². The van der Waals surface area contributed by atoms with Gasteiger partial charge in [0.25, 0.3) is 0 Å². The number of anilines is 1. The average molecular weight is 255 g/mol. The van der Waals surface area contributed by atoms with Crippen molar-refractivity contribution in [3.05, 3.63) is 11.1 Å². The molecule has 0 aliphatic heterocycles. The molecular weight excluding hydrogens is 230 g/mol. The zero-order valence-corrected chi connectivity index (χ0v) is 12.5. The highest BCUT2D eigenvalue weighted by Gasteiger charge is 2.14. The van der Waals surface area contributed by atoms with Crippen LogP contribution in [-0.4, -0.2) is 24.1 Å². The van der Waals surface area contributed by atoms with Gasteiger partial charge in [0.15, 0.2) is 5.13 Å². The maximum absolute atomic E-state index is 4.68. The van der Waals surface area contributed by atoms with E-state index in [9.17, 15) is 0 Å². The molecule has 17 heavy (non-hydrogen) atoms. The van der Waals surface area contributed by atoms with E-state index in [0.29, 0.717) is 12.1 Å². The lowest BCUT2D eigenvalue weighted by molar-refractivity contribution is 0.577. The molecular formula is C13H25N3S. The summed E-state index contributed by atoms with van der Waals surface area (Å²) in [5.41, 5.74) is 1.15. The van der Waals surface area contributed by atoms with Crippen LogP contribution in [0.15, 0.2) is 5.38 Å². The topological polar surface area (TPSA) is 28.2 Å². The van der Waals surface area contributed by atoms with Crippen LogP contribution >= 0.6 is 11.3 Å². The van der Waals surface area contributed by atoms with Gasteiger partial charge in [0.05, 0.1) is 5.69 Å². The number of nitrogens with one attached hydrogen (secondary N) is 1. The van der Waals surface area contributed by atoms with Gasteiger partial charge in [-0.2, -0.15) is 0 Å². The van der Waals surface area contributed by atoms with Crippen molar-refractivity contribution < 1.29 is 0 Å². The van der Waals surface area contributed by atoms with Crippen molar-refractivity contribution >= 4 is 16.5 Å². The normalized spacial score (nSPS) is 11.5. The van der Waals surface area contributed by atoms with Crippen LogP contribution in [0.3, 0.4) is 0 Å². The van der Waals surface area contributed by atoms with Crippen LogP contribution in [0.4, 0.5) is 5.13 Å². The Morgan fingerprint density at radius 1 is 1.35 bits per heavy atom. The molecule has 0 bridgehead atoms. The second-order valence-electron chi connectivity index (χ2n) is 4.74. The first kappa shape index (κ1) is 14.5. The Morgan fingerprint density at radius 2 is 2.00 bits per heavy atom. The summed E-state index contributed by atoms with van der Waals surface area (Å²) in [6.07, 6.45) is 2.35. The lowest BCUT2D eigenvalue weighted by atomic mass is 10.1. The van der Waals surface area contributed by atoms with Gasteiger partial charge in [-0.25, -0.2) is 4.98 Å². The van der Waals surface area contributed by atoms with Crippen LogP contribution in [0.25, 0.3) is 0 Å². The molecule has 4 heteroatoms. The molecule has 0 radical (unpaired) electrons. The molecule has 1 rings (SSSR count). The minimum absolute atomic E-state index is 0.511. The van der Waals surface area contributed by atoms with Gasteiger partial charge in [-0.3, -0.25) is 0 Å². The van der Waals surface area contributed by atoms with Gasteiger partial charge in [-0.05, 0) is 12.8 Å². The largest absolute Gasteiger partial charge is 0.348 e. The fourth-order valence-electron chi connectivity index (χ4n) is 1.84. The van der Waals surface area contributed by atoms with Gasteiger partial charge in [0.1, 0.15) is 0 Å². The minimum Gasteiger partial charge on any atom is -0.348 e. The van der Waals surface area contributed by atoms with E-state index in [1.165, 1.54) is 12.8 Å². The Bertz CT molecular complexity index is 318. The van der Waals surface area contributed by atoms with E-state index in [0.717, 1.165) is 17.4 Å². The van der Waals surface area contributed by atoms with Crippen molar-refractivity contribution in [2.45, 2.75) is 59.2 Å². The van der Waals surface area contributed by atoms with Gasteiger partial charge < -0.3 is 10.2 Å². The summed E-state index contributed by atoms with van der Waals surface area (Å²) < 4.78 is 0. The van der Waals surface area contributed by atoms with Crippen molar-refractivity contribution in [1.29, 1.82) is 0 Å². The van der Waals surface area contributed by atoms with Crippen LogP contribution in [-0.2, 0) is 6.54 Å². The molecule has 98 valence electrons. The lowest BCUT2D eigenvalue weighted by Crippen LogP contribution is -2.30. The minimum atomic E-state index is 0.511. The van der Waals surface area contributed by atoms with Gasteiger partial charge >= 0.3 is 0 Å². The molecule has 1 N–H and O–H groups in total. The zero-order chi connectivity index (χ0) is 12.8. The lowest BCUT2D eigenvalue weighted by Gasteiger charge is -2.25. The van der Waals surface area contributed by atoms with Gasteiger partial charge in [-0.15, -0.1) is 11.3 Å². The van der Waals surface area contributed by atoms with Crippen molar-refractivity contribution in [3.63, 3.8) is 0 Å². The molecule has 3 nitrogen and oxygen atoms in total. The highest BCUT2D eigenvalue weighted by atomic mass is 32.1. The van der Waals surface area contributed by atoms with Crippen LogP contribution in [0.2, 0.25) is 0 Å². The molecule has 0 unspecified atom stereocenters. The molecule has 0 aromatic carbocycles. The maximum atomic E-state index is 4.68. The van der Waals surface area contributed by atoms with Crippen LogP contribution in [0.1, 0.15) is 46.2 Å². The van der Waals surface area contributed by atoms with E-state index in [2.05, 4.69) is 55.3 Å². The maximum Gasteiger partial charge on any atom is 0.185 e. The predicted octanol–water partition coefficient (Wildman–Crippen LogP) is 3.27. The van der Waals surface area contributed by atoms with E-state index < -0.39 is 0 Å². The van der Waals surface area contributed by atoms with E-state index >= 15 is 0 Å². The van der Waals surface area contributed by atoms with Crippen molar-refractivity contribution in [2.75, 3.05) is 11.9 Å². The number of hydrogen-bond acceptors (Lipinski definition) is 4. The second kappa shape index (κ2) is 6.97. The first-order chi connectivity index (χ1) is 8.08. The van der Waals surface area contributed by atoms with Gasteiger partial charge in [0.2, 0.25) is 0 Å². The third kappa shape index (κ3) is 4.28. The molecule has 0 saturated carbocycles.